The van der Waals surface area contributed by atoms with Crippen molar-refractivity contribution in [1.82, 2.24) is 0 Å². The van der Waals surface area contributed by atoms with E-state index in [0.717, 1.165) is 19.3 Å². The van der Waals surface area contributed by atoms with Crippen molar-refractivity contribution in [3.05, 3.63) is 0 Å². The van der Waals surface area contributed by atoms with Crippen LogP contribution in [0.25, 0.3) is 0 Å². The standard InChI is InChI=1S/C16H30O3/c1-7-8-15(17)13(9-11(2)3)14(10-12(4)5)16(18)19-6/h11-14H,7-10H2,1-6H3. The van der Waals surface area contributed by atoms with Crippen LogP contribution in [0.1, 0.15) is 60.3 Å². The first-order valence-corrected chi connectivity index (χ1v) is 7.43. The zero-order valence-corrected chi connectivity index (χ0v) is 13.4. The van der Waals surface area contributed by atoms with Gasteiger partial charge >= 0.3 is 5.97 Å². The molecule has 0 amide bonds. The van der Waals surface area contributed by atoms with Gasteiger partial charge in [-0.3, -0.25) is 9.59 Å². The van der Waals surface area contributed by atoms with Gasteiger partial charge in [0.2, 0.25) is 0 Å². The molecule has 2 atom stereocenters. The first-order valence-electron chi connectivity index (χ1n) is 7.43. The van der Waals surface area contributed by atoms with Gasteiger partial charge in [0.1, 0.15) is 5.78 Å². The van der Waals surface area contributed by atoms with Crippen molar-refractivity contribution < 1.29 is 14.3 Å². The Labute approximate surface area is 118 Å². The average Bonchev–Trinajstić information content (AvgIpc) is 2.32. The molecule has 0 N–H and O–H groups in total. The average molecular weight is 270 g/mol. The van der Waals surface area contributed by atoms with Gasteiger partial charge in [-0.25, -0.2) is 0 Å². The van der Waals surface area contributed by atoms with Gasteiger partial charge in [-0.05, 0) is 31.1 Å². The van der Waals surface area contributed by atoms with Crippen molar-refractivity contribution in [1.29, 1.82) is 0 Å². The Hall–Kier alpha value is -0.860. The van der Waals surface area contributed by atoms with Crippen LogP contribution in [0.3, 0.4) is 0 Å². The van der Waals surface area contributed by atoms with Gasteiger partial charge in [0.25, 0.3) is 0 Å². The lowest BCUT2D eigenvalue weighted by molar-refractivity contribution is -0.151. The molecule has 0 aromatic carbocycles. The van der Waals surface area contributed by atoms with E-state index in [4.69, 9.17) is 4.74 Å². The van der Waals surface area contributed by atoms with E-state index in [1.807, 2.05) is 6.92 Å². The van der Waals surface area contributed by atoms with Gasteiger partial charge in [-0.2, -0.15) is 0 Å². The summed E-state index contributed by atoms with van der Waals surface area (Å²) >= 11 is 0. The Morgan fingerprint density at radius 1 is 0.947 bits per heavy atom. The smallest absolute Gasteiger partial charge is 0.309 e. The lowest BCUT2D eigenvalue weighted by atomic mass is 9.77. The van der Waals surface area contributed by atoms with Gasteiger partial charge in [0.05, 0.1) is 13.0 Å². The summed E-state index contributed by atoms with van der Waals surface area (Å²) in [5.41, 5.74) is 0. The number of esters is 1. The number of Topliss-reactive ketones (excluding diaryl/α,β-unsaturated/α-hetero) is 1. The number of hydrogen-bond acceptors (Lipinski definition) is 3. The molecule has 0 bridgehead atoms. The SMILES string of the molecule is CCCC(=O)C(CC(C)C)C(CC(C)C)C(=O)OC. The molecule has 0 aliphatic heterocycles. The Bertz CT molecular complexity index is 282. The maximum Gasteiger partial charge on any atom is 0.309 e. The van der Waals surface area contributed by atoms with Crippen molar-refractivity contribution in [2.45, 2.75) is 60.3 Å². The number of hydrogen-bond donors (Lipinski definition) is 0. The van der Waals surface area contributed by atoms with Crippen LogP contribution in [0.2, 0.25) is 0 Å². The molecule has 0 aliphatic rings. The third-order valence-electron chi connectivity index (χ3n) is 3.35. The molecule has 0 radical (unpaired) electrons. The highest BCUT2D eigenvalue weighted by molar-refractivity contribution is 5.86. The lowest BCUT2D eigenvalue weighted by Gasteiger charge is -2.27. The highest BCUT2D eigenvalue weighted by Gasteiger charge is 2.34. The van der Waals surface area contributed by atoms with Crippen LogP contribution in [0.4, 0.5) is 0 Å². The number of rotatable bonds is 9. The summed E-state index contributed by atoms with van der Waals surface area (Å²) in [6.07, 6.45) is 2.89. The van der Waals surface area contributed by atoms with Crippen LogP contribution >= 0.6 is 0 Å². The summed E-state index contributed by atoms with van der Waals surface area (Å²) < 4.78 is 4.91. The Kier molecular flexibility index (Phi) is 8.70. The number of carbonyl (C=O) groups is 2. The normalized spacial score (nSPS) is 14.5. The molecule has 19 heavy (non-hydrogen) atoms. The van der Waals surface area contributed by atoms with Crippen LogP contribution in [-0.2, 0) is 14.3 Å². The highest BCUT2D eigenvalue weighted by atomic mass is 16.5. The topological polar surface area (TPSA) is 43.4 Å². The van der Waals surface area contributed by atoms with Crippen molar-refractivity contribution >= 4 is 11.8 Å². The van der Waals surface area contributed by atoms with E-state index in [1.54, 1.807) is 0 Å². The highest BCUT2D eigenvalue weighted by Crippen LogP contribution is 2.29. The molecular formula is C16H30O3. The fourth-order valence-corrected chi connectivity index (χ4v) is 2.54. The molecule has 0 fully saturated rings. The molecule has 0 aromatic rings. The van der Waals surface area contributed by atoms with Crippen molar-refractivity contribution in [3.8, 4) is 0 Å². The number of carbonyl (C=O) groups excluding carboxylic acids is 2. The van der Waals surface area contributed by atoms with E-state index >= 15 is 0 Å². The van der Waals surface area contributed by atoms with Crippen LogP contribution in [-0.4, -0.2) is 18.9 Å². The van der Waals surface area contributed by atoms with Crippen molar-refractivity contribution in [2.24, 2.45) is 23.7 Å². The van der Waals surface area contributed by atoms with E-state index in [-0.39, 0.29) is 23.6 Å². The summed E-state index contributed by atoms with van der Waals surface area (Å²) in [6.45, 7) is 10.3. The third-order valence-corrected chi connectivity index (χ3v) is 3.35. The summed E-state index contributed by atoms with van der Waals surface area (Å²) in [7, 11) is 1.41. The fraction of sp³-hybridized carbons (Fsp3) is 0.875. The third kappa shape index (κ3) is 6.74. The van der Waals surface area contributed by atoms with E-state index in [1.165, 1.54) is 7.11 Å². The summed E-state index contributed by atoms with van der Waals surface area (Å²) in [4.78, 5) is 24.3. The van der Waals surface area contributed by atoms with Gasteiger partial charge in [-0.15, -0.1) is 0 Å². The maximum absolute atomic E-state index is 12.3. The second kappa shape index (κ2) is 9.11. The Morgan fingerprint density at radius 2 is 1.42 bits per heavy atom. The Morgan fingerprint density at radius 3 is 1.79 bits per heavy atom. The van der Waals surface area contributed by atoms with E-state index < -0.39 is 0 Å². The minimum atomic E-state index is -0.286. The Balaban J connectivity index is 5.09. The molecule has 0 heterocycles. The molecular weight excluding hydrogens is 240 g/mol. The predicted molar refractivity (Wildman–Crippen MR) is 77.8 cm³/mol. The summed E-state index contributed by atoms with van der Waals surface area (Å²) in [6, 6.07) is 0. The second-order valence-electron chi connectivity index (χ2n) is 6.21. The van der Waals surface area contributed by atoms with E-state index in [2.05, 4.69) is 27.7 Å². The summed E-state index contributed by atoms with van der Waals surface area (Å²) in [5, 5.41) is 0. The molecule has 2 unspecified atom stereocenters. The quantitative estimate of drug-likeness (QED) is 0.598. The lowest BCUT2D eigenvalue weighted by Crippen LogP contribution is -2.33. The molecule has 3 heteroatoms. The van der Waals surface area contributed by atoms with Crippen LogP contribution in [0.5, 0.6) is 0 Å². The van der Waals surface area contributed by atoms with Crippen LogP contribution in [0, 0.1) is 23.7 Å². The van der Waals surface area contributed by atoms with Crippen LogP contribution in [0.15, 0.2) is 0 Å². The molecule has 0 saturated carbocycles. The number of ether oxygens (including phenoxy) is 1. The minimum absolute atomic E-state index is 0.185. The maximum atomic E-state index is 12.3. The van der Waals surface area contributed by atoms with Gasteiger partial charge in [0, 0.05) is 12.3 Å². The molecule has 0 aromatic heterocycles. The zero-order valence-electron chi connectivity index (χ0n) is 13.4. The van der Waals surface area contributed by atoms with E-state index in [9.17, 15) is 9.59 Å². The predicted octanol–water partition coefficient (Wildman–Crippen LogP) is 3.85. The van der Waals surface area contributed by atoms with Gasteiger partial charge in [0.15, 0.2) is 0 Å². The van der Waals surface area contributed by atoms with Crippen LogP contribution < -0.4 is 0 Å². The molecule has 0 rings (SSSR count). The largest absolute Gasteiger partial charge is 0.469 e. The van der Waals surface area contributed by atoms with Gasteiger partial charge < -0.3 is 4.74 Å². The zero-order chi connectivity index (χ0) is 15.0. The molecule has 0 aliphatic carbocycles. The molecule has 0 saturated heterocycles. The summed E-state index contributed by atoms with van der Waals surface area (Å²) in [5.74, 6) is 0.301. The molecule has 112 valence electrons. The number of methoxy groups -OCH3 is 1. The fourth-order valence-electron chi connectivity index (χ4n) is 2.54. The van der Waals surface area contributed by atoms with Crippen molar-refractivity contribution in [3.63, 3.8) is 0 Å². The van der Waals surface area contributed by atoms with E-state index in [0.29, 0.717) is 18.3 Å². The van der Waals surface area contributed by atoms with Crippen molar-refractivity contribution in [2.75, 3.05) is 7.11 Å². The molecule has 0 spiro atoms. The first kappa shape index (κ1) is 18.1. The molecule has 3 nitrogen and oxygen atoms in total. The number of ketones is 1. The second-order valence-corrected chi connectivity index (χ2v) is 6.21. The minimum Gasteiger partial charge on any atom is -0.469 e. The van der Waals surface area contributed by atoms with Gasteiger partial charge in [-0.1, -0.05) is 34.6 Å². The first-order chi connectivity index (χ1) is 8.83. The monoisotopic (exact) mass is 270 g/mol.